The average molecular weight is 333 g/mol. The summed E-state index contributed by atoms with van der Waals surface area (Å²) in [5, 5.41) is 2.87. The van der Waals surface area contributed by atoms with Crippen molar-refractivity contribution in [2.75, 3.05) is 0 Å². The van der Waals surface area contributed by atoms with Crippen molar-refractivity contribution in [3.63, 3.8) is 0 Å². The Morgan fingerprint density at radius 3 is 2.32 bits per heavy atom. The van der Waals surface area contributed by atoms with E-state index in [1.807, 2.05) is 49.4 Å². The second kappa shape index (κ2) is 7.13. The third-order valence-corrected chi connectivity index (χ3v) is 3.96. The summed E-state index contributed by atoms with van der Waals surface area (Å²) in [4.78, 5) is 30.4. The molecule has 2 N–H and O–H groups in total. The molecule has 0 aliphatic rings. The van der Waals surface area contributed by atoms with Crippen molar-refractivity contribution in [3.8, 4) is 11.1 Å². The molecule has 1 aromatic heterocycles. The van der Waals surface area contributed by atoms with Crippen molar-refractivity contribution in [2.45, 2.75) is 19.9 Å². The molecule has 0 unspecified atom stereocenters. The number of carbonyl (C=O) groups is 1. The average Bonchev–Trinajstić information content (AvgIpc) is 2.61. The SMILES string of the molecule is Cc1nc(C(=O)N[C@@H](C)c2ccc(-c3ccccc3)cc2)cc(=O)[nH]1. The summed E-state index contributed by atoms with van der Waals surface area (Å²) in [6.45, 7) is 3.54. The zero-order valence-electron chi connectivity index (χ0n) is 14.1. The van der Waals surface area contributed by atoms with Gasteiger partial charge in [0.2, 0.25) is 0 Å². The number of nitrogens with zero attached hydrogens (tertiary/aromatic N) is 1. The molecule has 2 aromatic carbocycles. The first-order valence-electron chi connectivity index (χ1n) is 8.07. The second-order valence-electron chi connectivity index (χ2n) is 5.90. The molecule has 5 nitrogen and oxygen atoms in total. The summed E-state index contributed by atoms with van der Waals surface area (Å²) in [6.07, 6.45) is 0. The van der Waals surface area contributed by atoms with Gasteiger partial charge in [-0.2, -0.15) is 0 Å². The van der Waals surface area contributed by atoms with Gasteiger partial charge in [-0.3, -0.25) is 9.59 Å². The van der Waals surface area contributed by atoms with Gasteiger partial charge in [0.15, 0.2) is 0 Å². The first kappa shape index (κ1) is 16.6. The van der Waals surface area contributed by atoms with E-state index in [0.29, 0.717) is 5.82 Å². The van der Waals surface area contributed by atoms with Gasteiger partial charge in [0.1, 0.15) is 11.5 Å². The monoisotopic (exact) mass is 333 g/mol. The molecule has 0 saturated heterocycles. The Bertz CT molecular complexity index is 931. The number of H-pyrrole nitrogens is 1. The smallest absolute Gasteiger partial charge is 0.270 e. The molecule has 1 atom stereocenters. The van der Waals surface area contributed by atoms with Gasteiger partial charge in [0.25, 0.3) is 11.5 Å². The normalized spacial score (nSPS) is 11.8. The van der Waals surface area contributed by atoms with E-state index in [4.69, 9.17) is 0 Å². The molecular formula is C20H19N3O2. The number of aromatic nitrogens is 2. The van der Waals surface area contributed by atoms with Gasteiger partial charge in [-0.05, 0) is 30.5 Å². The van der Waals surface area contributed by atoms with Crippen LogP contribution < -0.4 is 10.9 Å². The first-order chi connectivity index (χ1) is 12.0. The number of nitrogens with one attached hydrogen (secondary N) is 2. The lowest BCUT2D eigenvalue weighted by atomic mass is 10.0. The summed E-state index contributed by atoms with van der Waals surface area (Å²) in [6, 6.07) is 19.2. The van der Waals surface area contributed by atoms with Crippen LogP contribution in [0.5, 0.6) is 0 Å². The Labute approximate surface area is 145 Å². The van der Waals surface area contributed by atoms with Crippen LogP contribution in [0.25, 0.3) is 11.1 Å². The van der Waals surface area contributed by atoms with Crippen LogP contribution in [0.3, 0.4) is 0 Å². The van der Waals surface area contributed by atoms with E-state index in [1.54, 1.807) is 6.92 Å². The van der Waals surface area contributed by atoms with Crippen LogP contribution in [0.15, 0.2) is 65.5 Å². The molecule has 0 aliphatic carbocycles. The fraction of sp³-hybridized carbons (Fsp3) is 0.150. The predicted octanol–water partition coefficient (Wildman–Crippen LogP) is 3.24. The highest BCUT2D eigenvalue weighted by Gasteiger charge is 2.13. The maximum Gasteiger partial charge on any atom is 0.270 e. The molecule has 25 heavy (non-hydrogen) atoms. The number of carbonyl (C=O) groups excluding carboxylic acids is 1. The Balaban J connectivity index is 1.73. The zero-order chi connectivity index (χ0) is 17.8. The highest BCUT2D eigenvalue weighted by atomic mass is 16.2. The number of benzene rings is 2. The van der Waals surface area contributed by atoms with E-state index in [2.05, 4.69) is 27.4 Å². The van der Waals surface area contributed by atoms with Crippen molar-refractivity contribution in [1.82, 2.24) is 15.3 Å². The molecule has 0 fully saturated rings. The Hall–Kier alpha value is -3.21. The van der Waals surface area contributed by atoms with Crippen molar-refractivity contribution in [1.29, 1.82) is 0 Å². The largest absolute Gasteiger partial charge is 0.344 e. The lowest BCUT2D eigenvalue weighted by Gasteiger charge is -2.15. The van der Waals surface area contributed by atoms with Crippen molar-refractivity contribution >= 4 is 5.91 Å². The molecule has 0 radical (unpaired) electrons. The number of aromatic amines is 1. The van der Waals surface area contributed by atoms with Crippen molar-refractivity contribution in [2.24, 2.45) is 0 Å². The number of hydrogen-bond acceptors (Lipinski definition) is 3. The molecule has 3 rings (SSSR count). The zero-order valence-corrected chi connectivity index (χ0v) is 14.1. The highest BCUT2D eigenvalue weighted by molar-refractivity contribution is 5.92. The van der Waals surface area contributed by atoms with E-state index in [-0.39, 0.29) is 23.2 Å². The van der Waals surface area contributed by atoms with Crippen LogP contribution in [-0.4, -0.2) is 15.9 Å². The summed E-state index contributed by atoms with van der Waals surface area (Å²) in [5.74, 6) is 0.0475. The van der Waals surface area contributed by atoms with Gasteiger partial charge in [0, 0.05) is 6.07 Å². The molecule has 0 saturated carbocycles. The number of amides is 1. The topological polar surface area (TPSA) is 74.8 Å². The fourth-order valence-corrected chi connectivity index (χ4v) is 2.64. The summed E-state index contributed by atoms with van der Waals surface area (Å²) < 4.78 is 0. The minimum Gasteiger partial charge on any atom is -0.344 e. The number of aryl methyl sites for hydroxylation is 1. The summed E-state index contributed by atoms with van der Waals surface area (Å²) in [5.41, 5.74) is 3.03. The van der Waals surface area contributed by atoms with E-state index < -0.39 is 0 Å². The minimum atomic E-state index is -0.367. The Morgan fingerprint density at radius 1 is 1.04 bits per heavy atom. The fourth-order valence-electron chi connectivity index (χ4n) is 2.64. The second-order valence-corrected chi connectivity index (χ2v) is 5.90. The molecular weight excluding hydrogens is 314 g/mol. The minimum absolute atomic E-state index is 0.119. The van der Waals surface area contributed by atoms with Gasteiger partial charge in [-0.25, -0.2) is 4.98 Å². The maximum atomic E-state index is 12.3. The Kier molecular flexibility index (Phi) is 4.75. The van der Waals surface area contributed by atoms with Crippen LogP contribution in [0, 0.1) is 6.92 Å². The van der Waals surface area contributed by atoms with Crippen molar-refractivity contribution in [3.05, 3.63) is 88.1 Å². The molecule has 0 bridgehead atoms. The molecule has 1 heterocycles. The van der Waals surface area contributed by atoms with Gasteiger partial charge in [-0.15, -0.1) is 0 Å². The molecule has 1 amide bonds. The third kappa shape index (κ3) is 4.01. The standard InChI is InChI=1S/C20H19N3O2/c1-13(21-20(25)18-12-19(24)23-14(2)22-18)15-8-10-17(11-9-15)16-6-4-3-5-7-16/h3-13H,1-2H3,(H,21,25)(H,22,23,24)/t13-/m0/s1. The van der Waals surface area contributed by atoms with Gasteiger partial charge in [0.05, 0.1) is 6.04 Å². The molecule has 3 aromatic rings. The van der Waals surface area contributed by atoms with E-state index in [1.165, 1.54) is 6.07 Å². The molecule has 0 spiro atoms. The van der Waals surface area contributed by atoms with Crippen molar-refractivity contribution < 1.29 is 4.79 Å². The summed E-state index contributed by atoms with van der Waals surface area (Å²) >= 11 is 0. The molecule has 126 valence electrons. The highest BCUT2D eigenvalue weighted by Crippen LogP contribution is 2.21. The lowest BCUT2D eigenvalue weighted by molar-refractivity contribution is 0.0934. The van der Waals surface area contributed by atoms with E-state index in [9.17, 15) is 9.59 Å². The molecule has 5 heteroatoms. The quantitative estimate of drug-likeness (QED) is 0.770. The van der Waals surface area contributed by atoms with E-state index >= 15 is 0 Å². The lowest BCUT2D eigenvalue weighted by Crippen LogP contribution is -2.29. The van der Waals surface area contributed by atoms with Crippen LogP contribution in [0.4, 0.5) is 0 Å². The van der Waals surface area contributed by atoms with Gasteiger partial charge < -0.3 is 10.3 Å². The molecule has 0 aliphatic heterocycles. The Morgan fingerprint density at radius 2 is 1.68 bits per heavy atom. The van der Waals surface area contributed by atoms with Gasteiger partial charge in [-0.1, -0.05) is 54.6 Å². The van der Waals surface area contributed by atoms with E-state index in [0.717, 1.165) is 16.7 Å². The van der Waals surface area contributed by atoms with Crippen LogP contribution >= 0.6 is 0 Å². The van der Waals surface area contributed by atoms with Gasteiger partial charge >= 0.3 is 0 Å². The first-order valence-corrected chi connectivity index (χ1v) is 8.07. The van der Waals surface area contributed by atoms with Crippen LogP contribution in [0.1, 0.15) is 34.8 Å². The number of rotatable bonds is 4. The third-order valence-electron chi connectivity index (χ3n) is 3.96. The maximum absolute atomic E-state index is 12.3. The number of hydrogen-bond donors (Lipinski definition) is 2. The van der Waals surface area contributed by atoms with Crippen LogP contribution in [0.2, 0.25) is 0 Å². The predicted molar refractivity (Wildman–Crippen MR) is 97.4 cm³/mol. The summed E-state index contributed by atoms with van der Waals surface area (Å²) in [7, 11) is 0. The van der Waals surface area contributed by atoms with Crippen LogP contribution in [-0.2, 0) is 0 Å².